The minimum absolute atomic E-state index is 0.0591. The van der Waals surface area contributed by atoms with Crippen LogP contribution in [0.15, 0.2) is 36.5 Å². The number of cyclic esters (lactones) is 1. The van der Waals surface area contributed by atoms with Crippen LogP contribution in [0.1, 0.15) is 11.3 Å². The number of pyridine rings is 1. The summed E-state index contributed by atoms with van der Waals surface area (Å²) in [7, 11) is 1.51. The van der Waals surface area contributed by atoms with Crippen molar-refractivity contribution in [1.29, 1.82) is 0 Å². The molecule has 11 heteroatoms. The van der Waals surface area contributed by atoms with E-state index in [4.69, 9.17) is 4.74 Å². The first-order valence-electron chi connectivity index (χ1n) is 8.88. The van der Waals surface area contributed by atoms with E-state index >= 15 is 0 Å². The number of ether oxygens (including phenoxy) is 1. The fraction of sp³-hybridized carbons (Fsp3) is 0.263. The fourth-order valence-corrected chi connectivity index (χ4v) is 3.28. The third-order valence-electron chi connectivity index (χ3n) is 4.82. The molecule has 2 aromatic heterocycles. The van der Waals surface area contributed by atoms with Crippen molar-refractivity contribution in [3.8, 4) is 0 Å². The molecule has 1 aliphatic heterocycles. The summed E-state index contributed by atoms with van der Waals surface area (Å²) in [4.78, 5) is 31.5. The molecule has 3 aromatic rings. The number of amides is 2. The van der Waals surface area contributed by atoms with Crippen molar-refractivity contribution in [2.24, 2.45) is 0 Å². The molecule has 0 bridgehead atoms. The number of anilines is 2. The van der Waals surface area contributed by atoms with Gasteiger partial charge in [-0.05, 0) is 37.3 Å². The van der Waals surface area contributed by atoms with Crippen molar-refractivity contribution in [3.05, 3.63) is 47.8 Å². The predicted molar refractivity (Wildman–Crippen MR) is 101 cm³/mol. The van der Waals surface area contributed by atoms with Gasteiger partial charge in [0.15, 0.2) is 6.04 Å². The van der Waals surface area contributed by atoms with Gasteiger partial charge in [0.25, 0.3) is 5.91 Å². The van der Waals surface area contributed by atoms with Gasteiger partial charge >= 0.3 is 12.3 Å². The van der Waals surface area contributed by atoms with Gasteiger partial charge in [-0.2, -0.15) is 18.3 Å². The van der Waals surface area contributed by atoms with E-state index in [1.54, 1.807) is 24.4 Å². The van der Waals surface area contributed by atoms with Crippen LogP contribution in [0.5, 0.6) is 0 Å². The van der Waals surface area contributed by atoms with Gasteiger partial charge in [-0.1, -0.05) is 0 Å². The van der Waals surface area contributed by atoms with Crippen molar-refractivity contribution in [2.45, 2.75) is 19.1 Å². The molecule has 30 heavy (non-hydrogen) atoms. The van der Waals surface area contributed by atoms with Gasteiger partial charge in [0.1, 0.15) is 12.4 Å². The number of carbonyl (C=O) groups excluding carboxylic acids is 2. The lowest BCUT2D eigenvalue weighted by Gasteiger charge is -2.25. The van der Waals surface area contributed by atoms with E-state index in [2.05, 4.69) is 15.2 Å². The molecule has 1 atom stereocenters. The number of rotatable bonds is 3. The lowest BCUT2D eigenvalue weighted by atomic mass is 10.1. The van der Waals surface area contributed by atoms with Crippen LogP contribution in [-0.2, 0) is 15.7 Å². The van der Waals surface area contributed by atoms with Gasteiger partial charge in [0.2, 0.25) is 0 Å². The number of fused-ring (bicyclic) bond motifs is 1. The van der Waals surface area contributed by atoms with Crippen molar-refractivity contribution in [2.75, 3.05) is 23.5 Å². The first-order chi connectivity index (χ1) is 14.1. The highest BCUT2D eigenvalue weighted by Crippen LogP contribution is 2.33. The van der Waals surface area contributed by atoms with E-state index < -0.39 is 29.8 Å². The van der Waals surface area contributed by atoms with Gasteiger partial charge in [0, 0.05) is 23.8 Å². The topological polar surface area (TPSA) is 91.4 Å². The highest BCUT2D eigenvalue weighted by molar-refractivity contribution is 6.06. The summed E-state index contributed by atoms with van der Waals surface area (Å²) >= 11 is 0. The number of benzene rings is 1. The average Bonchev–Trinajstić information content (AvgIpc) is 3.31. The van der Waals surface area contributed by atoms with Crippen molar-refractivity contribution in [3.63, 3.8) is 0 Å². The molecule has 1 fully saturated rings. The van der Waals surface area contributed by atoms with E-state index in [9.17, 15) is 22.8 Å². The summed E-state index contributed by atoms with van der Waals surface area (Å²) in [5, 5.41) is 7.57. The molecule has 2 amide bonds. The van der Waals surface area contributed by atoms with Crippen LogP contribution in [0.4, 0.5) is 29.5 Å². The number of likely N-dealkylation sites (N-methyl/N-ethyl adjacent to an activating group) is 1. The molecule has 3 heterocycles. The zero-order chi connectivity index (χ0) is 21.6. The first-order valence-corrected chi connectivity index (χ1v) is 8.88. The summed E-state index contributed by atoms with van der Waals surface area (Å²) in [5.74, 6) is -0.822. The lowest BCUT2D eigenvalue weighted by Crippen LogP contribution is -2.47. The van der Waals surface area contributed by atoms with Crippen LogP contribution in [0.3, 0.4) is 0 Å². The van der Waals surface area contributed by atoms with E-state index in [0.29, 0.717) is 11.2 Å². The second-order valence-corrected chi connectivity index (χ2v) is 6.85. The average molecular weight is 419 g/mol. The zero-order valence-electron chi connectivity index (χ0n) is 15.9. The van der Waals surface area contributed by atoms with Gasteiger partial charge in [-0.25, -0.2) is 14.7 Å². The van der Waals surface area contributed by atoms with E-state index in [-0.39, 0.29) is 18.1 Å². The molecule has 0 spiro atoms. The Labute approximate surface area is 168 Å². The Morgan fingerprint density at radius 3 is 2.80 bits per heavy atom. The maximum Gasteiger partial charge on any atom is 0.416 e. The largest absolute Gasteiger partial charge is 0.446 e. The number of nitrogens with zero attached hydrogens (tertiary/aromatic N) is 4. The Kier molecular flexibility index (Phi) is 4.60. The van der Waals surface area contributed by atoms with Gasteiger partial charge in [0.05, 0.1) is 17.3 Å². The van der Waals surface area contributed by atoms with Gasteiger partial charge in [-0.15, -0.1) is 0 Å². The van der Waals surface area contributed by atoms with Crippen LogP contribution in [0.2, 0.25) is 0 Å². The maximum atomic E-state index is 13.2. The molecule has 0 aliphatic carbocycles. The molecule has 1 aromatic carbocycles. The highest BCUT2D eigenvalue weighted by Gasteiger charge is 2.43. The summed E-state index contributed by atoms with van der Waals surface area (Å²) in [5.41, 5.74) is 0.319. The smallest absolute Gasteiger partial charge is 0.416 e. The lowest BCUT2D eigenvalue weighted by molar-refractivity contribution is -0.137. The minimum atomic E-state index is -4.62. The Balaban J connectivity index is 1.67. The van der Waals surface area contributed by atoms with E-state index in [1.165, 1.54) is 18.9 Å². The second kappa shape index (κ2) is 7.01. The molecule has 1 N–H and O–H groups in total. The van der Waals surface area contributed by atoms with Crippen LogP contribution < -0.4 is 9.80 Å². The summed E-state index contributed by atoms with van der Waals surface area (Å²) in [6.45, 7) is 1.08. The molecule has 0 saturated carbocycles. The number of aromatic nitrogens is 3. The fourth-order valence-electron chi connectivity index (χ4n) is 3.28. The number of halogens is 3. The number of H-pyrrole nitrogens is 1. The molecule has 1 aliphatic rings. The third kappa shape index (κ3) is 3.42. The second-order valence-electron chi connectivity index (χ2n) is 6.85. The SMILES string of the molecule is Cc1cc(C(F)(F)F)cc(N2C(=O)OC[C@H]2C(=O)N(C)c2ccc3cn[nH]c3c2)n1. The van der Waals surface area contributed by atoms with Crippen LogP contribution in [0, 0.1) is 6.92 Å². The monoisotopic (exact) mass is 419 g/mol. The Bertz CT molecular complexity index is 1140. The Hall–Kier alpha value is -3.63. The molecule has 0 radical (unpaired) electrons. The normalized spacial score (nSPS) is 16.8. The molecule has 0 unspecified atom stereocenters. The molecule has 8 nitrogen and oxygen atoms in total. The van der Waals surface area contributed by atoms with Gasteiger partial charge in [-0.3, -0.25) is 9.89 Å². The molecule has 1 saturated heterocycles. The number of nitrogens with one attached hydrogen (secondary N) is 1. The Morgan fingerprint density at radius 1 is 1.30 bits per heavy atom. The number of aryl methyl sites for hydroxylation is 1. The van der Waals surface area contributed by atoms with Crippen LogP contribution in [0.25, 0.3) is 10.9 Å². The quantitative estimate of drug-likeness (QED) is 0.704. The van der Waals surface area contributed by atoms with E-state index in [1.807, 2.05) is 0 Å². The minimum Gasteiger partial charge on any atom is -0.446 e. The molecule has 156 valence electrons. The summed E-state index contributed by atoms with van der Waals surface area (Å²) < 4.78 is 44.5. The van der Waals surface area contributed by atoms with Crippen LogP contribution >= 0.6 is 0 Å². The van der Waals surface area contributed by atoms with E-state index in [0.717, 1.165) is 22.4 Å². The number of hydrogen-bond donors (Lipinski definition) is 1. The third-order valence-corrected chi connectivity index (χ3v) is 4.82. The standard InChI is InChI=1S/C19H16F3N5O3/c1-10-5-12(19(20,21)22)6-16(24-10)27-15(9-30-18(27)29)17(28)26(2)13-4-3-11-8-23-25-14(11)7-13/h3-8,15H,9H2,1-2H3,(H,23,25)/t15-/m0/s1. The molecular formula is C19H16F3N5O3. The summed E-state index contributed by atoms with van der Waals surface area (Å²) in [6.07, 6.45) is -3.92. The number of carbonyl (C=O) groups is 2. The predicted octanol–water partition coefficient (Wildman–Crippen LogP) is 3.27. The van der Waals surface area contributed by atoms with Crippen molar-refractivity contribution >= 4 is 34.4 Å². The molecular weight excluding hydrogens is 403 g/mol. The highest BCUT2D eigenvalue weighted by atomic mass is 19.4. The number of alkyl halides is 3. The number of aromatic amines is 1. The van der Waals surface area contributed by atoms with Gasteiger partial charge < -0.3 is 9.64 Å². The Morgan fingerprint density at radius 2 is 2.07 bits per heavy atom. The van der Waals surface area contributed by atoms with Crippen molar-refractivity contribution in [1.82, 2.24) is 15.2 Å². The molecule has 4 rings (SSSR count). The zero-order valence-corrected chi connectivity index (χ0v) is 15.9. The number of hydrogen-bond acceptors (Lipinski definition) is 5. The summed E-state index contributed by atoms with van der Waals surface area (Å²) in [6, 6.07) is 5.61. The van der Waals surface area contributed by atoms with Crippen molar-refractivity contribution < 1.29 is 27.5 Å². The first kappa shape index (κ1) is 19.7. The van der Waals surface area contributed by atoms with Crippen LogP contribution in [-0.4, -0.2) is 46.9 Å². The maximum absolute atomic E-state index is 13.2.